The SMILES string of the molecule is Cc1ccc(NC(=O)Nc2cccc(C)c2)nc1. The van der Waals surface area contributed by atoms with Gasteiger partial charge in [-0.3, -0.25) is 5.32 Å². The molecular formula is C14H15N3O. The molecular weight excluding hydrogens is 226 g/mol. The van der Waals surface area contributed by atoms with Crippen LogP contribution in [0.15, 0.2) is 42.6 Å². The second-order valence-electron chi connectivity index (χ2n) is 4.17. The molecule has 4 heteroatoms. The number of benzene rings is 1. The van der Waals surface area contributed by atoms with E-state index in [1.165, 1.54) is 0 Å². The Morgan fingerprint density at radius 3 is 2.56 bits per heavy atom. The Bertz CT molecular complexity index is 549. The van der Waals surface area contributed by atoms with E-state index in [0.29, 0.717) is 5.82 Å². The van der Waals surface area contributed by atoms with E-state index in [1.54, 1.807) is 12.3 Å². The van der Waals surface area contributed by atoms with Gasteiger partial charge in [0, 0.05) is 11.9 Å². The number of aromatic nitrogens is 1. The number of aryl methyl sites for hydroxylation is 2. The highest BCUT2D eigenvalue weighted by molar-refractivity contribution is 5.99. The number of urea groups is 1. The monoisotopic (exact) mass is 241 g/mol. The van der Waals surface area contributed by atoms with Gasteiger partial charge in [0.15, 0.2) is 0 Å². The highest BCUT2D eigenvalue weighted by Crippen LogP contribution is 2.10. The van der Waals surface area contributed by atoms with Crippen molar-refractivity contribution >= 4 is 17.5 Å². The van der Waals surface area contributed by atoms with Crippen molar-refractivity contribution in [3.63, 3.8) is 0 Å². The molecule has 0 fully saturated rings. The molecule has 92 valence electrons. The minimum Gasteiger partial charge on any atom is -0.308 e. The summed E-state index contributed by atoms with van der Waals surface area (Å²) in [6.07, 6.45) is 1.71. The Hall–Kier alpha value is -2.36. The number of pyridine rings is 1. The van der Waals surface area contributed by atoms with Crippen molar-refractivity contribution in [2.24, 2.45) is 0 Å². The summed E-state index contributed by atoms with van der Waals surface area (Å²) in [6, 6.07) is 11.0. The van der Waals surface area contributed by atoms with Gasteiger partial charge >= 0.3 is 6.03 Å². The first-order valence-corrected chi connectivity index (χ1v) is 5.71. The lowest BCUT2D eigenvalue weighted by Crippen LogP contribution is -2.20. The summed E-state index contributed by atoms with van der Waals surface area (Å²) >= 11 is 0. The van der Waals surface area contributed by atoms with Gasteiger partial charge in [-0.1, -0.05) is 18.2 Å². The normalized spacial score (nSPS) is 9.89. The summed E-state index contributed by atoms with van der Waals surface area (Å²) < 4.78 is 0. The molecule has 2 N–H and O–H groups in total. The molecule has 18 heavy (non-hydrogen) atoms. The molecule has 4 nitrogen and oxygen atoms in total. The van der Waals surface area contributed by atoms with E-state index in [1.807, 2.05) is 44.2 Å². The molecule has 0 radical (unpaired) electrons. The average Bonchev–Trinajstić information content (AvgIpc) is 2.32. The zero-order chi connectivity index (χ0) is 13.0. The zero-order valence-electron chi connectivity index (χ0n) is 10.4. The molecule has 2 aromatic rings. The maximum Gasteiger partial charge on any atom is 0.324 e. The third-order valence-corrected chi connectivity index (χ3v) is 2.43. The van der Waals surface area contributed by atoms with Gasteiger partial charge in [0.05, 0.1) is 0 Å². The van der Waals surface area contributed by atoms with Crippen LogP contribution in [0.4, 0.5) is 16.3 Å². The van der Waals surface area contributed by atoms with Gasteiger partial charge in [-0.25, -0.2) is 9.78 Å². The molecule has 2 rings (SSSR count). The fourth-order valence-electron chi connectivity index (χ4n) is 1.54. The van der Waals surface area contributed by atoms with E-state index in [-0.39, 0.29) is 6.03 Å². The van der Waals surface area contributed by atoms with Crippen molar-refractivity contribution < 1.29 is 4.79 Å². The van der Waals surface area contributed by atoms with Crippen LogP contribution in [0.1, 0.15) is 11.1 Å². The lowest BCUT2D eigenvalue weighted by atomic mass is 10.2. The highest BCUT2D eigenvalue weighted by atomic mass is 16.2. The van der Waals surface area contributed by atoms with Crippen LogP contribution in [0.5, 0.6) is 0 Å². The molecule has 0 aliphatic rings. The van der Waals surface area contributed by atoms with Gasteiger partial charge in [0.1, 0.15) is 5.82 Å². The summed E-state index contributed by atoms with van der Waals surface area (Å²) in [6.45, 7) is 3.92. The van der Waals surface area contributed by atoms with E-state index in [9.17, 15) is 4.79 Å². The van der Waals surface area contributed by atoms with Crippen molar-refractivity contribution in [3.05, 3.63) is 53.7 Å². The molecule has 1 aromatic carbocycles. The molecule has 0 saturated carbocycles. The van der Waals surface area contributed by atoms with E-state index in [4.69, 9.17) is 0 Å². The number of rotatable bonds is 2. The minimum absolute atomic E-state index is 0.294. The van der Waals surface area contributed by atoms with Crippen LogP contribution in [0, 0.1) is 13.8 Å². The Morgan fingerprint density at radius 2 is 1.89 bits per heavy atom. The maximum atomic E-state index is 11.7. The van der Waals surface area contributed by atoms with Crippen molar-refractivity contribution in [1.82, 2.24) is 4.98 Å². The topological polar surface area (TPSA) is 54.0 Å². The first kappa shape index (κ1) is 12.1. The summed E-state index contributed by atoms with van der Waals surface area (Å²) in [5, 5.41) is 5.43. The largest absolute Gasteiger partial charge is 0.324 e. The number of nitrogens with one attached hydrogen (secondary N) is 2. The number of carbonyl (C=O) groups is 1. The smallest absolute Gasteiger partial charge is 0.308 e. The molecule has 2 amide bonds. The first-order chi connectivity index (χ1) is 8.63. The second kappa shape index (κ2) is 5.31. The fraction of sp³-hybridized carbons (Fsp3) is 0.143. The lowest BCUT2D eigenvalue weighted by molar-refractivity contribution is 0.262. The van der Waals surface area contributed by atoms with E-state index < -0.39 is 0 Å². The Labute approximate surface area is 106 Å². The van der Waals surface area contributed by atoms with Gasteiger partial charge in [-0.05, 0) is 43.2 Å². The molecule has 0 aliphatic heterocycles. The Morgan fingerprint density at radius 1 is 1.06 bits per heavy atom. The molecule has 0 spiro atoms. The number of nitrogens with zero attached hydrogens (tertiary/aromatic N) is 1. The van der Waals surface area contributed by atoms with E-state index in [2.05, 4.69) is 15.6 Å². The van der Waals surface area contributed by atoms with Gasteiger partial charge in [-0.15, -0.1) is 0 Å². The molecule has 1 heterocycles. The van der Waals surface area contributed by atoms with Crippen LogP contribution in [0.2, 0.25) is 0 Å². The van der Waals surface area contributed by atoms with Crippen molar-refractivity contribution in [2.45, 2.75) is 13.8 Å². The minimum atomic E-state index is -0.294. The maximum absolute atomic E-state index is 11.7. The van der Waals surface area contributed by atoms with Crippen LogP contribution in [-0.4, -0.2) is 11.0 Å². The van der Waals surface area contributed by atoms with Crippen LogP contribution in [0.25, 0.3) is 0 Å². The van der Waals surface area contributed by atoms with Gasteiger partial charge < -0.3 is 5.32 Å². The van der Waals surface area contributed by atoms with Crippen LogP contribution >= 0.6 is 0 Å². The average molecular weight is 241 g/mol. The number of anilines is 2. The highest BCUT2D eigenvalue weighted by Gasteiger charge is 2.03. The van der Waals surface area contributed by atoms with Gasteiger partial charge in [-0.2, -0.15) is 0 Å². The zero-order valence-corrected chi connectivity index (χ0v) is 10.4. The fourth-order valence-corrected chi connectivity index (χ4v) is 1.54. The van der Waals surface area contributed by atoms with Crippen molar-refractivity contribution in [3.8, 4) is 0 Å². The van der Waals surface area contributed by atoms with Crippen LogP contribution < -0.4 is 10.6 Å². The quantitative estimate of drug-likeness (QED) is 0.847. The van der Waals surface area contributed by atoms with Crippen LogP contribution in [-0.2, 0) is 0 Å². The molecule has 0 saturated heterocycles. The van der Waals surface area contributed by atoms with Gasteiger partial charge in [0.25, 0.3) is 0 Å². The summed E-state index contributed by atoms with van der Waals surface area (Å²) in [7, 11) is 0. The molecule has 0 atom stereocenters. The first-order valence-electron chi connectivity index (χ1n) is 5.71. The van der Waals surface area contributed by atoms with Gasteiger partial charge in [0.2, 0.25) is 0 Å². The third kappa shape index (κ3) is 3.31. The third-order valence-electron chi connectivity index (χ3n) is 2.43. The predicted octanol–water partition coefficient (Wildman–Crippen LogP) is 3.34. The van der Waals surface area contributed by atoms with E-state index in [0.717, 1.165) is 16.8 Å². The second-order valence-corrected chi connectivity index (χ2v) is 4.17. The number of carbonyl (C=O) groups excluding carboxylic acids is 1. The molecule has 0 bridgehead atoms. The standard InChI is InChI=1S/C14H15N3O/c1-10-4-3-5-12(8-10)16-14(18)17-13-7-6-11(2)9-15-13/h3-9H,1-2H3,(H2,15,16,17,18). The Kier molecular flexibility index (Phi) is 3.57. The number of hydrogen-bond donors (Lipinski definition) is 2. The summed E-state index contributed by atoms with van der Waals surface area (Å²) in [5.74, 6) is 0.533. The van der Waals surface area contributed by atoms with E-state index >= 15 is 0 Å². The molecule has 0 unspecified atom stereocenters. The summed E-state index contributed by atoms with van der Waals surface area (Å²) in [5.41, 5.74) is 2.92. The molecule has 1 aromatic heterocycles. The predicted molar refractivity (Wildman–Crippen MR) is 72.8 cm³/mol. The van der Waals surface area contributed by atoms with Crippen molar-refractivity contribution in [1.29, 1.82) is 0 Å². The lowest BCUT2D eigenvalue weighted by Gasteiger charge is -2.07. The van der Waals surface area contributed by atoms with Crippen molar-refractivity contribution in [2.75, 3.05) is 10.6 Å². The number of amides is 2. The van der Waals surface area contributed by atoms with Crippen LogP contribution in [0.3, 0.4) is 0 Å². The Balaban J connectivity index is 1.98. The summed E-state index contributed by atoms with van der Waals surface area (Å²) in [4.78, 5) is 15.8. The number of hydrogen-bond acceptors (Lipinski definition) is 2. The molecule has 0 aliphatic carbocycles.